The summed E-state index contributed by atoms with van der Waals surface area (Å²) in [5.41, 5.74) is 5.31. The van der Waals surface area contributed by atoms with Gasteiger partial charge in [0, 0.05) is 29.5 Å². The topological polar surface area (TPSA) is 59.8 Å². The normalized spacial score (nSPS) is 12.2. The van der Waals surface area contributed by atoms with Gasteiger partial charge >= 0.3 is 0 Å². The zero-order chi connectivity index (χ0) is 17.0. The molecule has 5 heteroatoms. The molecule has 0 unspecified atom stereocenters. The number of carbonyl (C=O) groups excluding carboxylic acids is 1. The Hall–Kier alpha value is -2.17. The largest absolute Gasteiger partial charge is 0.352 e. The maximum atomic E-state index is 12.2. The van der Waals surface area contributed by atoms with E-state index in [0.717, 1.165) is 35.6 Å². The SMILES string of the molecule is CCc1c(C)nn(CC(=O)N[C@@H](C)Cc2cccc(C)n2)c1C. The van der Waals surface area contributed by atoms with Gasteiger partial charge in [-0.1, -0.05) is 13.0 Å². The summed E-state index contributed by atoms with van der Waals surface area (Å²) in [5, 5.41) is 7.50. The van der Waals surface area contributed by atoms with Gasteiger partial charge in [-0.2, -0.15) is 5.10 Å². The van der Waals surface area contributed by atoms with Crippen LogP contribution < -0.4 is 5.32 Å². The molecular formula is C18H26N4O. The van der Waals surface area contributed by atoms with Crippen LogP contribution in [0, 0.1) is 20.8 Å². The van der Waals surface area contributed by atoms with Gasteiger partial charge in [0.15, 0.2) is 0 Å². The summed E-state index contributed by atoms with van der Waals surface area (Å²) in [4.78, 5) is 16.7. The van der Waals surface area contributed by atoms with E-state index in [4.69, 9.17) is 0 Å². The number of hydrogen-bond acceptors (Lipinski definition) is 3. The van der Waals surface area contributed by atoms with Crippen molar-refractivity contribution in [3.8, 4) is 0 Å². The molecule has 2 heterocycles. The number of amides is 1. The van der Waals surface area contributed by atoms with Gasteiger partial charge in [-0.05, 0) is 51.8 Å². The van der Waals surface area contributed by atoms with Gasteiger partial charge in [-0.25, -0.2) is 0 Å². The third kappa shape index (κ3) is 4.41. The van der Waals surface area contributed by atoms with Crippen LogP contribution in [0.1, 0.15) is 42.2 Å². The lowest BCUT2D eigenvalue weighted by molar-refractivity contribution is -0.122. The first-order chi connectivity index (χ1) is 10.9. The van der Waals surface area contributed by atoms with Crippen molar-refractivity contribution in [2.24, 2.45) is 0 Å². The summed E-state index contributed by atoms with van der Waals surface area (Å²) in [6, 6.07) is 6.00. The number of nitrogens with zero attached hydrogens (tertiary/aromatic N) is 3. The van der Waals surface area contributed by atoms with Crippen molar-refractivity contribution >= 4 is 5.91 Å². The van der Waals surface area contributed by atoms with Gasteiger partial charge in [-0.3, -0.25) is 14.5 Å². The van der Waals surface area contributed by atoms with Gasteiger partial charge in [0.2, 0.25) is 5.91 Å². The van der Waals surface area contributed by atoms with Gasteiger partial charge in [0.05, 0.1) is 5.69 Å². The van der Waals surface area contributed by atoms with Crippen molar-refractivity contribution in [3.05, 3.63) is 46.5 Å². The molecule has 0 spiro atoms. The van der Waals surface area contributed by atoms with Gasteiger partial charge in [0.1, 0.15) is 6.54 Å². The Balaban J connectivity index is 1.94. The van der Waals surface area contributed by atoms with Crippen LogP contribution in [0.3, 0.4) is 0 Å². The molecule has 0 fully saturated rings. The summed E-state index contributed by atoms with van der Waals surface area (Å²) in [6.45, 7) is 10.4. The van der Waals surface area contributed by atoms with E-state index in [-0.39, 0.29) is 18.5 Å². The second kappa shape index (κ2) is 7.40. The monoisotopic (exact) mass is 314 g/mol. The Kier molecular flexibility index (Phi) is 5.53. The molecule has 2 aromatic heterocycles. The molecule has 0 saturated heterocycles. The fourth-order valence-electron chi connectivity index (χ4n) is 2.93. The predicted molar refractivity (Wildman–Crippen MR) is 91.4 cm³/mol. The molecule has 1 N–H and O–H groups in total. The minimum atomic E-state index is -0.0154. The Labute approximate surface area is 138 Å². The molecular weight excluding hydrogens is 288 g/mol. The van der Waals surface area contributed by atoms with Crippen molar-refractivity contribution in [2.75, 3.05) is 0 Å². The first kappa shape index (κ1) is 17.2. The van der Waals surface area contributed by atoms with E-state index in [1.165, 1.54) is 5.56 Å². The van der Waals surface area contributed by atoms with Crippen LogP contribution in [0.15, 0.2) is 18.2 Å². The molecule has 0 aliphatic rings. The first-order valence-corrected chi connectivity index (χ1v) is 8.15. The minimum Gasteiger partial charge on any atom is -0.352 e. The van der Waals surface area contributed by atoms with E-state index in [0.29, 0.717) is 0 Å². The maximum absolute atomic E-state index is 12.2. The zero-order valence-corrected chi connectivity index (χ0v) is 14.7. The van der Waals surface area contributed by atoms with Crippen molar-refractivity contribution < 1.29 is 4.79 Å². The van der Waals surface area contributed by atoms with E-state index in [9.17, 15) is 4.79 Å². The van der Waals surface area contributed by atoms with E-state index in [2.05, 4.69) is 22.3 Å². The highest BCUT2D eigenvalue weighted by atomic mass is 16.2. The van der Waals surface area contributed by atoms with Crippen LogP contribution in [-0.2, 0) is 24.2 Å². The number of aromatic nitrogens is 3. The number of pyridine rings is 1. The van der Waals surface area contributed by atoms with Crippen LogP contribution in [0.2, 0.25) is 0 Å². The lowest BCUT2D eigenvalue weighted by atomic mass is 10.1. The maximum Gasteiger partial charge on any atom is 0.241 e. The van der Waals surface area contributed by atoms with Crippen molar-refractivity contribution in [3.63, 3.8) is 0 Å². The molecule has 2 rings (SSSR count). The molecule has 5 nitrogen and oxygen atoms in total. The molecule has 1 atom stereocenters. The molecule has 0 aliphatic carbocycles. The summed E-state index contributed by atoms with van der Waals surface area (Å²) in [7, 11) is 0. The molecule has 124 valence electrons. The molecule has 0 saturated carbocycles. The van der Waals surface area contributed by atoms with E-state index < -0.39 is 0 Å². The zero-order valence-electron chi connectivity index (χ0n) is 14.7. The Morgan fingerprint density at radius 2 is 2.04 bits per heavy atom. The number of rotatable bonds is 6. The third-order valence-corrected chi connectivity index (χ3v) is 4.05. The smallest absolute Gasteiger partial charge is 0.241 e. The quantitative estimate of drug-likeness (QED) is 0.891. The fourth-order valence-corrected chi connectivity index (χ4v) is 2.93. The molecule has 0 aromatic carbocycles. The third-order valence-electron chi connectivity index (χ3n) is 4.05. The Morgan fingerprint density at radius 3 is 2.65 bits per heavy atom. The van der Waals surface area contributed by atoms with E-state index in [1.807, 2.05) is 45.9 Å². The predicted octanol–water partition coefficient (Wildman–Crippen LogP) is 2.51. The molecule has 23 heavy (non-hydrogen) atoms. The molecule has 0 radical (unpaired) electrons. The molecule has 1 amide bonds. The fraction of sp³-hybridized carbons (Fsp3) is 0.500. The van der Waals surface area contributed by atoms with Crippen LogP contribution in [0.25, 0.3) is 0 Å². The lowest BCUT2D eigenvalue weighted by Crippen LogP contribution is -2.37. The van der Waals surface area contributed by atoms with Gasteiger partial charge in [-0.15, -0.1) is 0 Å². The summed E-state index contributed by atoms with van der Waals surface area (Å²) >= 11 is 0. The van der Waals surface area contributed by atoms with Crippen LogP contribution in [0.5, 0.6) is 0 Å². The van der Waals surface area contributed by atoms with Gasteiger partial charge in [0.25, 0.3) is 0 Å². The number of aryl methyl sites for hydroxylation is 2. The van der Waals surface area contributed by atoms with Crippen LogP contribution >= 0.6 is 0 Å². The highest BCUT2D eigenvalue weighted by Crippen LogP contribution is 2.13. The van der Waals surface area contributed by atoms with Crippen molar-refractivity contribution in [2.45, 2.75) is 60.0 Å². The number of carbonyl (C=O) groups is 1. The molecule has 0 aliphatic heterocycles. The molecule has 2 aromatic rings. The van der Waals surface area contributed by atoms with Gasteiger partial charge < -0.3 is 5.32 Å². The van der Waals surface area contributed by atoms with E-state index in [1.54, 1.807) is 4.68 Å². The first-order valence-electron chi connectivity index (χ1n) is 8.15. The number of nitrogens with one attached hydrogen (secondary N) is 1. The Morgan fingerprint density at radius 1 is 1.30 bits per heavy atom. The highest BCUT2D eigenvalue weighted by Gasteiger charge is 2.14. The van der Waals surface area contributed by atoms with Crippen LogP contribution in [-0.4, -0.2) is 26.7 Å². The minimum absolute atomic E-state index is 0.0154. The highest BCUT2D eigenvalue weighted by molar-refractivity contribution is 5.76. The summed E-state index contributed by atoms with van der Waals surface area (Å²) in [5.74, 6) is -0.0154. The second-order valence-corrected chi connectivity index (χ2v) is 6.10. The summed E-state index contributed by atoms with van der Waals surface area (Å²) in [6.07, 6.45) is 1.67. The second-order valence-electron chi connectivity index (χ2n) is 6.10. The average Bonchev–Trinajstić information content (AvgIpc) is 2.72. The van der Waals surface area contributed by atoms with Crippen molar-refractivity contribution in [1.82, 2.24) is 20.1 Å². The number of hydrogen-bond donors (Lipinski definition) is 1. The lowest BCUT2D eigenvalue weighted by Gasteiger charge is -2.14. The molecule has 0 bridgehead atoms. The standard InChI is InChI=1S/C18H26N4O/c1-6-17-14(4)21-22(15(17)5)11-18(23)20-13(3)10-16-9-7-8-12(2)19-16/h7-9,13H,6,10-11H2,1-5H3,(H,20,23)/t13-/m0/s1. The van der Waals surface area contributed by atoms with Crippen LogP contribution in [0.4, 0.5) is 0 Å². The average molecular weight is 314 g/mol. The van der Waals surface area contributed by atoms with Crippen molar-refractivity contribution in [1.29, 1.82) is 0 Å². The Bertz CT molecular complexity index is 690. The van der Waals surface area contributed by atoms with E-state index >= 15 is 0 Å². The summed E-state index contributed by atoms with van der Waals surface area (Å²) < 4.78 is 1.79.